The molecule has 7 heteroatoms. The van der Waals surface area contributed by atoms with Gasteiger partial charge in [-0.1, -0.05) is 68.9 Å². The highest BCUT2D eigenvalue weighted by atomic mass is 16.6. The van der Waals surface area contributed by atoms with Crippen molar-refractivity contribution in [3.8, 4) is 11.5 Å². The fraction of sp³-hybridized carbons (Fsp3) is 0.548. The Hall–Kier alpha value is -3.06. The summed E-state index contributed by atoms with van der Waals surface area (Å²) < 4.78 is 17.1. The third-order valence-electron chi connectivity index (χ3n) is 6.45. The van der Waals surface area contributed by atoms with Crippen molar-refractivity contribution in [2.75, 3.05) is 26.3 Å². The van der Waals surface area contributed by atoms with Crippen molar-refractivity contribution in [3.05, 3.63) is 58.7 Å². The van der Waals surface area contributed by atoms with Crippen LogP contribution in [0.4, 0.5) is 4.79 Å². The molecule has 0 aliphatic rings. The van der Waals surface area contributed by atoms with Crippen LogP contribution in [0.3, 0.4) is 0 Å². The second-order valence-corrected chi connectivity index (χ2v) is 9.83. The van der Waals surface area contributed by atoms with Crippen LogP contribution in [0, 0.1) is 20.8 Å². The molecule has 0 aliphatic heterocycles. The Morgan fingerprint density at radius 2 is 1.53 bits per heavy atom. The number of hydrogen-bond acceptors (Lipinski definition) is 5. The molecule has 2 aromatic carbocycles. The first-order chi connectivity index (χ1) is 18.2. The zero-order valence-electron chi connectivity index (χ0n) is 23.8. The van der Waals surface area contributed by atoms with Gasteiger partial charge in [0.15, 0.2) is 6.10 Å². The lowest BCUT2D eigenvalue weighted by molar-refractivity contribution is -0.149. The molecule has 0 fully saturated rings. The summed E-state index contributed by atoms with van der Waals surface area (Å²) in [5, 5.41) is 9.29. The van der Waals surface area contributed by atoms with Gasteiger partial charge in [-0.05, 0) is 62.9 Å². The van der Waals surface area contributed by atoms with Gasteiger partial charge in [0.25, 0.3) is 0 Å². The van der Waals surface area contributed by atoms with Crippen LogP contribution in [0.25, 0.3) is 0 Å². The highest BCUT2D eigenvalue weighted by Gasteiger charge is 2.19. The van der Waals surface area contributed by atoms with Gasteiger partial charge in [0.1, 0.15) is 18.1 Å². The molecule has 1 amide bonds. The number of hydrogen-bond donors (Lipinski definition) is 1. The minimum absolute atomic E-state index is 0.291. The Bertz CT molecular complexity index is 981. The summed E-state index contributed by atoms with van der Waals surface area (Å²) in [6.07, 6.45) is 5.90. The number of unbranched alkanes of at least 4 members (excludes halogenated alkanes) is 5. The van der Waals surface area contributed by atoms with E-state index < -0.39 is 12.1 Å². The molecule has 1 unspecified atom stereocenters. The lowest BCUT2D eigenvalue weighted by atomic mass is 10.1. The van der Waals surface area contributed by atoms with Crippen LogP contribution in [-0.4, -0.2) is 54.5 Å². The van der Waals surface area contributed by atoms with E-state index >= 15 is 0 Å². The van der Waals surface area contributed by atoms with E-state index in [9.17, 15) is 14.7 Å². The zero-order chi connectivity index (χ0) is 27.9. The van der Waals surface area contributed by atoms with E-state index in [1.807, 2.05) is 57.2 Å². The van der Waals surface area contributed by atoms with Crippen molar-refractivity contribution in [2.45, 2.75) is 85.7 Å². The summed E-state index contributed by atoms with van der Waals surface area (Å²) >= 11 is 0. The van der Waals surface area contributed by atoms with Gasteiger partial charge in [0.2, 0.25) is 0 Å². The SMILES string of the molecule is CCCCCCCCN(CCOc1ccc(CC(OCC)C(=O)O)cc1)C(=O)Oc1c(C)cc(C)cc1C. The maximum Gasteiger partial charge on any atom is 0.415 e. The summed E-state index contributed by atoms with van der Waals surface area (Å²) in [6.45, 7) is 11.6. The molecule has 0 saturated heterocycles. The molecular formula is C31H45NO6. The number of carboxylic acids is 1. The fourth-order valence-electron chi connectivity index (χ4n) is 4.49. The molecule has 38 heavy (non-hydrogen) atoms. The van der Waals surface area contributed by atoms with Crippen molar-refractivity contribution < 1.29 is 28.9 Å². The molecule has 210 valence electrons. The van der Waals surface area contributed by atoms with Crippen molar-refractivity contribution in [1.82, 2.24) is 4.90 Å². The topological polar surface area (TPSA) is 85.3 Å². The number of nitrogens with zero attached hydrogens (tertiary/aromatic N) is 1. The molecule has 0 aliphatic carbocycles. The molecule has 1 atom stereocenters. The Kier molecular flexibility index (Phi) is 13.7. The number of amides is 1. The molecule has 1 N–H and O–H groups in total. The van der Waals surface area contributed by atoms with Gasteiger partial charge in [0.05, 0.1) is 6.54 Å². The fourth-order valence-corrected chi connectivity index (χ4v) is 4.49. The predicted molar refractivity (Wildman–Crippen MR) is 150 cm³/mol. The quantitative estimate of drug-likeness (QED) is 0.226. The average Bonchev–Trinajstić information content (AvgIpc) is 2.87. The largest absolute Gasteiger partial charge is 0.492 e. The van der Waals surface area contributed by atoms with E-state index in [1.165, 1.54) is 25.7 Å². The van der Waals surface area contributed by atoms with E-state index in [2.05, 4.69) is 6.92 Å². The average molecular weight is 528 g/mol. The first kappa shape index (κ1) is 31.2. The van der Waals surface area contributed by atoms with Gasteiger partial charge >= 0.3 is 12.1 Å². The van der Waals surface area contributed by atoms with Crippen LogP contribution in [0.1, 0.15) is 74.6 Å². The number of benzene rings is 2. The highest BCUT2D eigenvalue weighted by molar-refractivity contribution is 5.73. The molecule has 2 rings (SSSR count). The number of carbonyl (C=O) groups is 2. The molecule has 0 heterocycles. The lowest BCUT2D eigenvalue weighted by Gasteiger charge is -2.23. The summed E-state index contributed by atoms with van der Waals surface area (Å²) in [5.74, 6) is 0.312. The predicted octanol–water partition coefficient (Wildman–Crippen LogP) is 6.88. The minimum atomic E-state index is -0.972. The van der Waals surface area contributed by atoms with Gasteiger partial charge < -0.3 is 24.2 Å². The first-order valence-electron chi connectivity index (χ1n) is 13.9. The molecular weight excluding hydrogens is 482 g/mol. The van der Waals surface area contributed by atoms with Crippen molar-refractivity contribution in [3.63, 3.8) is 0 Å². The van der Waals surface area contributed by atoms with Crippen LogP contribution >= 0.6 is 0 Å². The molecule has 0 aromatic heterocycles. The van der Waals surface area contributed by atoms with Gasteiger partial charge in [-0.25, -0.2) is 9.59 Å². The van der Waals surface area contributed by atoms with E-state index in [1.54, 1.807) is 11.8 Å². The highest BCUT2D eigenvalue weighted by Crippen LogP contribution is 2.25. The van der Waals surface area contributed by atoms with Crippen LogP contribution in [0.5, 0.6) is 11.5 Å². The maximum absolute atomic E-state index is 13.2. The number of aliphatic carboxylic acids is 1. The number of carbonyl (C=O) groups excluding carboxylic acids is 1. The summed E-state index contributed by atoms with van der Waals surface area (Å²) in [6, 6.07) is 11.4. The molecule has 0 radical (unpaired) electrons. The molecule has 0 spiro atoms. The van der Waals surface area contributed by atoms with Crippen LogP contribution in [-0.2, 0) is 16.0 Å². The molecule has 0 saturated carbocycles. The normalized spacial score (nSPS) is 11.7. The number of carboxylic acid groups (broad SMARTS) is 1. The van der Waals surface area contributed by atoms with E-state index in [0.29, 0.717) is 44.2 Å². The zero-order valence-corrected chi connectivity index (χ0v) is 23.8. The maximum atomic E-state index is 13.2. The van der Waals surface area contributed by atoms with Crippen molar-refractivity contribution in [2.24, 2.45) is 0 Å². The molecule has 2 aromatic rings. The summed E-state index contributed by atoms with van der Waals surface area (Å²) in [5.41, 5.74) is 3.89. The van der Waals surface area contributed by atoms with Crippen molar-refractivity contribution >= 4 is 12.1 Å². The lowest BCUT2D eigenvalue weighted by Crippen LogP contribution is -2.37. The second-order valence-electron chi connectivity index (χ2n) is 9.83. The minimum Gasteiger partial charge on any atom is -0.492 e. The van der Waals surface area contributed by atoms with E-state index in [4.69, 9.17) is 14.2 Å². The van der Waals surface area contributed by atoms with Crippen LogP contribution in [0.2, 0.25) is 0 Å². The summed E-state index contributed by atoms with van der Waals surface area (Å²) in [7, 11) is 0. The first-order valence-corrected chi connectivity index (χ1v) is 13.9. The third kappa shape index (κ3) is 10.7. The Morgan fingerprint density at radius 1 is 0.895 bits per heavy atom. The van der Waals surface area contributed by atoms with Gasteiger partial charge in [-0.2, -0.15) is 0 Å². The Labute approximate surface area is 228 Å². The molecule has 7 nitrogen and oxygen atoms in total. The Balaban J connectivity index is 1.96. The van der Waals surface area contributed by atoms with E-state index in [-0.39, 0.29) is 6.09 Å². The number of aryl methyl sites for hydroxylation is 3. The number of ether oxygens (including phenoxy) is 3. The standard InChI is InChI=1S/C31H45NO6/c1-6-8-9-10-11-12-17-32(31(35)38-29-24(4)20-23(3)21-25(29)5)18-19-37-27-15-13-26(14-16-27)22-28(30(33)34)36-7-2/h13-16,20-21,28H,6-12,17-19,22H2,1-5H3,(H,33,34). The third-order valence-corrected chi connectivity index (χ3v) is 6.45. The summed E-state index contributed by atoms with van der Waals surface area (Å²) in [4.78, 5) is 26.2. The van der Waals surface area contributed by atoms with Gasteiger partial charge in [-0.15, -0.1) is 0 Å². The van der Waals surface area contributed by atoms with Crippen molar-refractivity contribution in [1.29, 1.82) is 0 Å². The smallest absolute Gasteiger partial charge is 0.415 e. The van der Waals surface area contributed by atoms with E-state index in [0.717, 1.165) is 35.1 Å². The number of rotatable bonds is 17. The van der Waals surface area contributed by atoms with Gasteiger partial charge in [0, 0.05) is 19.6 Å². The van der Waals surface area contributed by atoms with Crippen LogP contribution in [0.15, 0.2) is 36.4 Å². The van der Waals surface area contributed by atoms with Crippen LogP contribution < -0.4 is 9.47 Å². The van der Waals surface area contributed by atoms with Gasteiger partial charge in [-0.3, -0.25) is 0 Å². The Morgan fingerprint density at radius 3 is 2.13 bits per heavy atom. The monoisotopic (exact) mass is 527 g/mol. The molecule has 0 bridgehead atoms. The second kappa shape index (κ2) is 16.7.